The Morgan fingerprint density at radius 3 is 3.05 bits per heavy atom. The van der Waals surface area contributed by atoms with E-state index in [1.165, 1.54) is 4.90 Å². The number of hydrogen-bond acceptors (Lipinski definition) is 4. The van der Waals surface area contributed by atoms with Crippen molar-refractivity contribution in [1.82, 2.24) is 9.88 Å². The first-order chi connectivity index (χ1) is 10.2. The largest absolute Gasteiger partial charge is 0.449 e. The first-order valence-electron chi connectivity index (χ1n) is 6.79. The number of ether oxygens (including phenoxy) is 1. The molecule has 1 aromatic carbocycles. The SMILES string of the molecule is O=C(CN1CCCOC1=O)Nc1cccc2cccnc12. The van der Waals surface area contributed by atoms with Crippen molar-refractivity contribution in [2.75, 3.05) is 25.0 Å². The second-order valence-corrected chi connectivity index (χ2v) is 4.82. The second-order valence-electron chi connectivity index (χ2n) is 4.82. The number of cyclic esters (lactones) is 1. The van der Waals surface area contributed by atoms with E-state index < -0.39 is 6.09 Å². The number of nitrogens with zero attached hydrogens (tertiary/aromatic N) is 2. The van der Waals surface area contributed by atoms with Crippen LogP contribution in [0.25, 0.3) is 10.9 Å². The van der Waals surface area contributed by atoms with E-state index in [2.05, 4.69) is 10.3 Å². The zero-order chi connectivity index (χ0) is 14.7. The maximum Gasteiger partial charge on any atom is 0.410 e. The average molecular weight is 285 g/mol. The summed E-state index contributed by atoms with van der Waals surface area (Å²) in [4.78, 5) is 29.3. The minimum Gasteiger partial charge on any atom is -0.449 e. The fourth-order valence-electron chi connectivity index (χ4n) is 2.31. The van der Waals surface area contributed by atoms with Gasteiger partial charge in [-0.2, -0.15) is 0 Å². The fourth-order valence-corrected chi connectivity index (χ4v) is 2.31. The summed E-state index contributed by atoms with van der Waals surface area (Å²) < 4.78 is 4.91. The van der Waals surface area contributed by atoms with Gasteiger partial charge in [0.15, 0.2) is 0 Å². The van der Waals surface area contributed by atoms with Crippen molar-refractivity contribution >= 4 is 28.6 Å². The predicted octanol–water partition coefficient (Wildman–Crippen LogP) is 2.02. The third kappa shape index (κ3) is 2.94. The highest BCUT2D eigenvalue weighted by atomic mass is 16.6. The van der Waals surface area contributed by atoms with Gasteiger partial charge in [0.1, 0.15) is 6.54 Å². The minimum atomic E-state index is -0.438. The second kappa shape index (κ2) is 5.78. The molecule has 1 saturated heterocycles. The molecule has 1 aliphatic heterocycles. The van der Waals surface area contributed by atoms with Crippen LogP contribution in [-0.2, 0) is 9.53 Å². The Kier molecular flexibility index (Phi) is 3.68. The van der Waals surface area contributed by atoms with Crippen LogP contribution < -0.4 is 5.32 Å². The highest BCUT2D eigenvalue weighted by Gasteiger charge is 2.22. The molecule has 0 atom stereocenters. The number of para-hydroxylation sites is 1. The zero-order valence-electron chi connectivity index (χ0n) is 11.4. The zero-order valence-corrected chi connectivity index (χ0v) is 11.4. The summed E-state index contributed by atoms with van der Waals surface area (Å²) in [6.07, 6.45) is 1.99. The van der Waals surface area contributed by atoms with E-state index in [1.807, 2.05) is 24.3 Å². The lowest BCUT2D eigenvalue weighted by molar-refractivity contribution is -0.117. The van der Waals surface area contributed by atoms with Crippen molar-refractivity contribution in [1.29, 1.82) is 0 Å². The molecular formula is C15H15N3O3. The summed E-state index contributed by atoms with van der Waals surface area (Å²) in [5.41, 5.74) is 1.37. The number of rotatable bonds is 3. The number of carbonyl (C=O) groups excluding carboxylic acids is 2. The van der Waals surface area contributed by atoms with Crippen molar-refractivity contribution in [2.24, 2.45) is 0 Å². The smallest absolute Gasteiger partial charge is 0.410 e. The molecule has 0 saturated carbocycles. The average Bonchev–Trinajstić information content (AvgIpc) is 2.50. The highest BCUT2D eigenvalue weighted by molar-refractivity contribution is 6.01. The Hall–Kier alpha value is -2.63. The van der Waals surface area contributed by atoms with Crippen LogP contribution in [0.15, 0.2) is 36.5 Å². The van der Waals surface area contributed by atoms with Crippen molar-refractivity contribution in [3.63, 3.8) is 0 Å². The van der Waals surface area contributed by atoms with Crippen LogP contribution in [0.1, 0.15) is 6.42 Å². The molecule has 1 aromatic heterocycles. The standard InChI is InChI=1S/C15H15N3O3/c19-13(10-18-8-3-9-21-15(18)20)17-12-6-1-4-11-5-2-7-16-14(11)12/h1-2,4-7H,3,8-10H2,(H,17,19). The maximum absolute atomic E-state index is 12.1. The number of benzene rings is 1. The van der Waals surface area contributed by atoms with Crippen molar-refractivity contribution in [3.05, 3.63) is 36.5 Å². The molecule has 1 N–H and O–H groups in total. The van der Waals surface area contributed by atoms with Crippen molar-refractivity contribution in [2.45, 2.75) is 6.42 Å². The third-order valence-corrected chi connectivity index (χ3v) is 3.30. The number of aromatic nitrogens is 1. The molecule has 108 valence electrons. The molecule has 0 radical (unpaired) electrons. The number of anilines is 1. The lowest BCUT2D eigenvalue weighted by Crippen LogP contribution is -2.42. The van der Waals surface area contributed by atoms with Gasteiger partial charge in [0.2, 0.25) is 5.91 Å². The Bertz CT molecular complexity index is 681. The minimum absolute atomic E-state index is 0.0119. The number of amides is 2. The van der Waals surface area contributed by atoms with Gasteiger partial charge >= 0.3 is 6.09 Å². The normalized spacial score (nSPS) is 14.9. The van der Waals surface area contributed by atoms with Crippen LogP contribution in [0, 0.1) is 0 Å². The summed E-state index contributed by atoms with van der Waals surface area (Å²) in [7, 11) is 0. The maximum atomic E-state index is 12.1. The first-order valence-corrected chi connectivity index (χ1v) is 6.79. The van der Waals surface area contributed by atoms with E-state index in [0.717, 1.165) is 17.3 Å². The summed E-state index contributed by atoms with van der Waals surface area (Å²) in [6, 6.07) is 9.36. The molecule has 2 aromatic rings. The molecule has 1 aliphatic rings. The van der Waals surface area contributed by atoms with Crippen LogP contribution in [-0.4, -0.2) is 41.6 Å². The topological polar surface area (TPSA) is 71.5 Å². The van der Waals surface area contributed by atoms with Gasteiger partial charge in [0.05, 0.1) is 17.8 Å². The van der Waals surface area contributed by atoms with Crippen LogP contribution in [0.5, 0.6) is 0 Å². The number of pyridine rings is 1. The van der Waals surface area contributed by atoms with Gasteiger partial charge in [-0.05, 0) is 18.6 Å². The fraction of sp³-hybridized carbons (Fsp3) is 0.267. The molecular weight excluding hydrogens is 270 g/mol. The molecule has 3 rings (SSSR count). The van der Waals surface area contributed by atoms with E-state index in [4.69, 9.17) is 4.74 Å². The van der Waals surface area contributed by atoms with Gasteiger partial charge in [0, 0.05) is 18.1 Å². The molecule has 6 heteroatoms. The Morgan fingerprint density at radius 2 is 2.19 bits per heavy atom. The molecule has 0 unspecified atom stereocenters. The number of fused-ring (bicyclic) bond motifs is 1. The number of nitrogens with one attached hydrogen (secondary N) is 1. The quantitative estimate of drug-likeness (QED) is 0.936. The van der Waals surface area contributed by atoms with Crippen LogP contribution in [0.4, 0.5) is 10.5 Å². The molecule has 0 spiro atoms. The van der Waals surface area contributed by atoms with Crippen LogP contribution in [0.3, 0.4) is 0 Å². The number of hydrogen-bond donors (Lipinski definition) is 1. The van der Waals surface area contributed by atoms with E-state index in [1.54, 1.807) is 12.3 Å². The molecule has 0 bridgehead atoms. The highest BCUT2D eigenvalue weighted by Crippen LogP contribution is 2.20. The van der Waals surface area contributed by atoms with Crippen molar-refractivity contribution < 1.29 is 14.3 Å². The third-order valence-electron chi connectivity index (χ3n) is 3.30. The molecule has 1 fully saturated rings. The van der Waals surface area contributed by atoms with E-state index in [0.29, 0.717) is 18.8 Å². The van der Waals surface area contributed by atoms with Crippen molar-refractivity contribution in [3.8, 4) is 0 Å². The van der Waals surface area contributed by atoms with Crippen LogP contribution >= 0.6 is 0 Å². The summed E-state index contributed by atoms with van der Waals surface area (Å²) in [6.45, 7) is 0.951. The summed E-state index contributed by atoms with van der Waals surface area (Å²) in [5.74, 6) is -0.257. The summed E-state index contributed by atoms with van der Waals surface area (Å²) in [5, 5.41) is 3.75. The Morgan fingerprint density at radius 1 is 1.33 bits per heavy atom. The van der Waals surface area contributed by atoms with E-state index in [9.17, 15) is 9.59 Å². The molecule has 21 heavy (non-hydrogen) atoms. The van der Waals surface area contributed by atoms with Gasteiger partial charge in [-0.25, -0.2) is 4.79 Å². The lowest BCUT2D eigenvalue weighted by atomic mass is 10.2. The molecule has 0 aliphatic carbocycles. The first kappa shape index (κ1) is 13.4. The van der Waals surface area contributed by atoms with Gasteiger partial charge in [-0.15, -0.1) is 0 Å². The molecule has 2 amide bonds. The van der Waals surface area contributed by atoms with E-state index >= 15 is 0 Å². The Labute approximate surface area is 121 Å². The molecule has 2 heterocycles. The van der Waals surface area contributed by atoms with Gasteiger partial charge in [-0.3, -0.25) is 14.7 Å². The monoisotopic (exact) mass is 285 g/mol. The van der Waals surface area contributed by atoms with Gasteiger partial charge < -0.3 is 10.1 Å². The Balaban J connectivity index is 1.73. The number of carbonyl (C=O) groups is 2. The molecule has 6 nitrogen and oxygen atoms in total. The van der Waals surface area contributed by atoms with Gasteiger partial charge in [-0.1, -0.05) is 18.2 Å². The predicted molar refractivity (Wildman–Crippen MR) is 77.9 cm³/mol. The van der Waals surface area contributed by atoms with Gasteiger partial charge in [0.25, 0.3) is 0 Å². The van der Waals surface area contributed by atoms with E-state index in [-0.39, 0.29) is 12.5 Å². The summed E-state index contributed by atoms with van der Waals surface area (Å²) >= 11 is 0. The van der Waals surface area contributed by atoms with Crippen LogP contribution in [0.2, 0.25) is 0 Å². The lowest BCUT2D eigenvalue weighted by Gasteiger charge is -2.25.